The van der Waals surface area contributed by atoms with Gasteiger partial charge >= 0.3 is 11.3 Å². The Morgan fingerprint density at radius 2 is 1.64 bits per heavy atom. The molecule has 2 aromatic carbocycles. The number of esters is 1. The van der Waals surface area contributed by atoms with Gasteiger partial charge in [-0.2, -0.15) is 0 Å². The average Bonchev–Trinajstić information content (AvgIpc) is 2.83. The zero-order valence-electron chi connectivity index (χ0n) is 19.4. The Morgan fingerprint density at radius 1 is 0.970 bits per heavy atom. The molecule has 178 valence electrons. The molecule has 2 rings (SSSR count). The summed E-state index contributed by atoms with van der Waals surface area (Å²) in [4.78, 5) is 37.6. The molecule has 0 saturated heterocycles. The first-order chi connectivity index (χ1) is 15.8. The molecular weight excluding hydrogens is 442 g/mol. The fourth-order valence-corrected chi connectivity index (χ4v) is 3.86. The number of methoxy groups -OCH3 is 2. The molecule has 0 bridgehead atoms. The SMILES string of the molecule is COC(=O)[C@H](CSC(=O)OCc1ccccc1)NC(=O)[C@@H](CC(C)C)c1ccc(OC)cc1. The number of rotatable bonds is 11. The van der Waals surface area contributed by atoms with Crippen LogP contribution in [-0.4, -0.2) is 43.2 Å². The van der Waals surface area contributed by atoms with E-state index in [1.807, 2.05) is 56.3 Å². The molecule has 33 heavy (non-hydrogen) atoms. The van der Waals surface area contributed by atoms with Crippen LogP contribution in [0.15, 0.2) is 54.6 Å². The quantitative estimate of drug-likeness (QED) is 0.479. The maximum atomic E-state index is 13.1. The van der Waals surface area contributed by atoms with Gasteiger partial charge in [-0.15, -0.1) is 0 Å². The predicted octanol–water partition coefficient (Wildman–Crippen LogP) is 4.55. The molecule has 0 heterocycles. The van der Waals surface area contributed by atoms with Crippen LogP contribution in [0, 0.1) is 5.92 Å². The molecule has 8 heteroatoms. The Morgan fingerprint density at radius 3 is 2.21 bits per heavy atom. The third-order valence-corrected chi connectivity index (χ3v) is 5.76. The normalized spacial score (nSPS) is 12.5. The molecule has 0 aromatic heterocycles. The van der Waals surface area contributed by atoms with E-state index >= 15 is 0 Å². The van der Waals surface area contributed by atoms with Gasteiger partial charge < -0.3 is 19.5 Å². The fraction of sp³-hybridized carbons (Fsp3) is 0.400. The van der Waals surface area contributed by atoms with Crippen molar-refractivity contribution in [2.24, 2.45) is 5.92 Å². The van der Waals surface area contributed by atoms with Crippen LogP contribution in [0.1, 0.15) is 37.3 Å². The highest BCUT2D eigenvalue weighted by Crippen LogP contribution is 2.26. The van der Waals surface area contributed by atoms with Crippen LogP contribution in [-0.2, 0) is 25.7 Å². The third kappa shape index (κ3) is 8.81. The first-order valence-electron chi connectivity index (χ1n) is 10.7. The van der Waals surface area contributed by atoms with Gasteiger partial charge in [-0.05, 0) is 47.4 Å². The van der Waals surface area contributed by atoms with Crippen LogP contribution in [0.5, 0.6) is 5.75 Å². The molecule has 0 spiro atoms. The number of amides is 1. The van der Waals surface area contributed by atoms with E-state index in [2.05, 4.69) is 5.32 Å². The summed E-state index contributed by atoms with van der Waals surface area (Å²) in [6.07, 6.45) is 0.596. The van der Waals surface area contributed by atoms with Crippen molar-refractivity contribution in [3.8, 4) is 5.75 Å². The number of ether oxygens (including phenoxy) is 3. The zero-order valence-corrected chi connectivity index (χ0v) is 20.2. The number of nitrogens with one attached hydrogen (secondary N) is 1. The highest BCUT2D eigenvalue weighted by atomic mass is 32.2. The number of benzene rings is 2. The molecule has 1 amide bonds. The van der Waals surface area contributed by atoms with E-state index in [4.69, 9.17) is 14.2 Å². The Labute approximate surface area is 199 Å². The van der Waals surface area contributed by atoms with Crippen molar-refractivity contribution in [3.05, 3.63) is 65.7 Å². The summed E-state index contributed by atoms with van der Waals surface area (Å²) >= 11 is 0.823. The third-order valence-electron chi connectivity index (χ3n) is 4.91. The molecule has 0 aliphatic heterocycles. The summed E-state index contributed by atoms with van der Waals surface area (Å²) in [5.41, 5.74) is 1.68. The van der Waals surface area contributed by atoms with Gasteiger partial charge in [0.2, 0.25) is 5.91 Å². The van der Waals surface area contributed by atoms with Gasteiger partial charge in [0, 0.05) is 5.75 Å². The lowest BCUT2D eigenvalue weighted by Gasteiger charge is -2.23. The molecule has 0 aliphatic carbocycles. The predicted molar refractivity (Wildman–Crippen MR) is 128 cm³/mol. The zero-order chi connectivity index (χ0) is 24.2. The van der Waals surface area contributed by atoms with E-state index < -0.39 is 23.2 Å². The summed E-state index contributed by atoms with van der Waals surface area (Å²) in [7, 11) is 2.83. The number of hydrogen-bond acceptors (Lipinski definition) is 7. The van der Waals surface area contributed by atoms with Crippen LogP contribution in [0.2, 0.25) is 0 Å². The number of hydrogen-bond donors (Lipinski definition) is 1. The summed E-state index contributed by atoms with van der Waals surface area (Å²) in [5.74, 6) is -0.435. The van der Waals surface area contributed by atoms with Crippen LogP contribution in [0.3, 0.4) is 0 Å². The topological polar surface area (TPSA) is 90.9 Å². The van der Waals surface area contributed by atoms with Gasteiger partial charge in [-0.25, -0.2) is 9.59 Å². The monoisotopic (exact) mass is 473 g/mol. The van der Waals surface area contributed by atoms with Crippen molar-refractivity contribution in [1.29, 1.82) is 0 Å². The summed E-state index contributed by atoms with van der Waals surface area (Å²) in [5, 5.41) is 2.22. The molecule has 2 aromatic rings. The minimum absolute atomic E-state index is 0.00302. The number of carbonyl (C=O) groups is 3. The van der Waals surface area contributed by atoms with Crippen molar-refractivity contribution < 1.29 is 28.6 Å². The van der Waals surface area contributed by atoms with Gasteiger partial charge in [0.1, 0.15) is 18.4 Å². The van der Waals surface area contributed by atoms with Crippen molar-refractivity contribution in [2.45, 2.75) is 38.8 Å². The lowest BCUT2D eigenvalue weighted by Crippen LogP contribution is -2.45. The smallest absolute Gasteiger partial charge is 0.367 e. The molecule has 7 nitrogen and oxygen atoms in total. The minimum atomic E-state index is -0.982. The standard InChI is InChI=1S/C25H31NO6S/c1-17(2)14-21(19-10-12-20(30-3)13-11-19)23(27)26-22(24(28)31-4)16-33-25(29)32-15-18-8-6-5-7-9-18/h5-13,17,21-22H,14-16H2,1-4H3,(H,26,27)/t21-,22-/m0/s1. The molecule has 1 N–H and O–H groups in total. The Bertz CT molecular complexity index is 901. The van der Waals surface area contributed by atoms with Gasteiger partial charge in [0.25, 0.3) is 0 Å². The van der Waals surface area contributed by atoms with E-state index in [9.17, 15) is 14.4 Å². The molecular formula is C25H31NO6S. The van der Waals surface area contributed by atoms with E-state index in [1.165, 1.54) is 7.11 Å². The minimum Gasteiger partial charge on any atom is -0.497 e. The van der Waals surface area contributed by atoms with Crippen LogP contribution >= 0.6 is 11.8 Å². The largest absolute Gasteiger partial charge is 0.497 e. The Balaban J connectivity index is 2.02. The second-order valence-electron chi connectivity index (χ2n) is 7.87. The number of thioether (sulfide) groups is 1. The molecule has 0 radical (unpaired) electrons. The van der Waals surface area contributed by atoms with Gasteiger partial charge in [0.15, 0.2) is 0 Å². The second kappa shape index (κ2) is 13.5. The Kier molecular flexibility index (Phi) is 10.8. The summed E-state index contributed by atoms with van der Waals surface area (Å²) in [6, 6.07) is 15.6. The lowest BCUT2D eigenvalue weighted by molar-refractivity contribution is -0.144. The van der Waals surface area contributed by atoms with Gasteiger partial charge in [-0.1, -0.05) is 56.3 Å². The highest BCUT2D eigenvalue weighted by Gasteiger charge is 2.28. The van der Waals surface area contributed by atoms with Gasteiger partial charge in [0.05, 0.1) is 20.1 Å². The molecule has 0 fully saturated rings. The van der Waals surface area contributed by atoms with E-state index in [0.29, 0.717) is 12.2 Å². The molecule has 0 unspecified atom stereocenters. The van der Waals surface area contributed by atoms with Crippen molar-refractivity contribution in [2.75, 3.05) is 20.0 Å². The molecule has 0 saturated carbocycles. The first-order valence-corrected chi connectivity index (χ1v) is 11.7. The Hall–Kier alpha value is -3.00. The van der Waals surface area contributed by atoms with Crippen molar-refractivity contribution in [1.82, 2.24) is 5.32 Å². The summed E-state index contributed by atoms with van der Waals surface area (Å²) in [6.45, 7) is 4.19. The van der Waals surface area contributed by atoms with Crippen molar-refractivity contribution >= 4 is 28.9 Å². The maximum absolute atomic E-state index is 13.1. The number of carbonyl (C=O) groups excluding carboxylic acids is 3. The van der Waals surface area contributed by atoms with Crippen LogP contribution < -0.4 is 10.1 Å². The van der Waals surface area contributed by atoms with Crippen LogP contribution in [0.4, 0.5) is 4.79 Å². The van der Waals surface area contributed by atoms with E-state index in [1.54, 1.807) is 19.2 Å². The molecule has 2 atom stereocenters. The second-order valence-corrected chi connectivity index (χ2v) is 8.83. The summed E-state index contributed by atoms with van der Waals surface area (Å²) < 4.78 is 15.3. The average molecular weight is 474 g/mol. The van der Waals surface area contributed by atoms with Crippen molar-refractivity contribution in [3.63, 3.8) is 0 Å². The van der Waals surface area contributed by atoms with Crippen LogP contribution in [0.25, 0.3) is 0 Å². The van der Waals surface area contributed by atoms with E-state index in [0.717, 1.165) is 22.9 Å². The van der Waals surface area contributed by atoms with E-state index in [-0.39, 0.29) is 24.2 Å². The molecule has 0 aliphatic rings. The fourth-order valence-electron chi connectivity index (χ4n) is 3.19. The van der Waals surface area contributed by atoms with Gasteiger partial charge in [-0.3, -0.25) is 4.79 Å². The first kappa shape index (κ1) is 26.3. The maximum Gasteiger partial charge on any atom is 0.367 e. The highest BCUT2D eigenvalue weighted by molar-refractivity contribution is 8.13. The lowest BCUT2D eigenvalue weighted by atomic mass is 9.89.